The molecule has 0 fully saturated rings. The number of aromatic carboxylic acids is 1. The van der Waals surface area contributed by atoms with Gasteiger partial charge in [-0.25, -0.2) is 13.6 Å². The van der Waals surface area contributed by atoms with Gasteiger partial charge < -0.3 is 5.11 Å². The number of carbonyl (C=O) groups is 1. The fraction of sp³-hybridized carbons (Fsp3) is 0. The van der Waals surface area contributed by atoms with Gasteiger partial charge in [-0.3, -0.25) is 9.36 Å². The summed E-state index contributed by atoms with van der Waals surface area (Å²) in [6.45, 7) is 0. The molecule has 0 radical (unpaired) electrons. The molecule has 2 aromatic carbocycles. The number of hydrogen-bond acceptors (Lipinski definition) is 2. The van der Waals surface area contributed by atoms with Gasteiger partial charge in [0.15, 0.2) is 5.56 Å². The van der Waals surface area contributed by atoms with E-state index in [-0.39, 0.29) is 10.9 Å². The summed E-state index contributed by atoms with van der Waals surface area (Å²) >= 11 is 0. The zero-order valence-electron chi connectivity index (χ0n) is 11.4. The number of para-hydroxylation sites is 1. The molecule has 1 heterocycles. The third kappa shape index (κ3) is 2.26. The number of halogens is 3. The molecule has 0 aliphatic rings. The second-order valence-electron chi connectivity index (χ2n) is 4.75. The Bertz CT molecular complexity index is 1010. The number of benzene rings is 2. The lowest BCUT2D eigenvalue weighted by Crippen LogP contribution is -2.23. The predicted octanol–water partition coefficient (Wildman–Crippen LogP) is 3.11. The predicted molar refractivity (Wildman–Crippen MR) is 76.4 cm³/mol. The zero-order valence-corrected chi connectivity index (χ0v) is 11.4. The lowest BCUT2D eigenvalue weighted by molar-refractivity contribution is 0.0689. The van der Waals surface area contributed by atoms with Gasteiger partial charge in [0.25, 0.3) is 0 Å². The van der Waals surface area contributed by atoms with Crippen LogP contribution in [0.15, 0.2) is 47.3 Å². The molecule has 3 rings (SSSR count). The smallest absolute Gasteiger partial charge is 0.344 e. The molecule has 7 heteroatoms. The first kappa shape index (κ1) is 14.8. The molecule has 116 valence electrons. The Balaban J connectivity index is 2.54. The molecule has 0 amide bonds. The molecule has 0 aliphatic heterocycles. The summed E-state index contributed by atoms with van der Waals surface area (Å²) in [5, 5.41) is 9.00. The number of pyridine rings is 1. The summed E-state index contributed by atoms with van der Waals surface area (Å²) in [6, 6.07) is 8.03. The van der Waals surface area contributed by atoms with Gasteiger partial charge in [-0.05, 0) is 24.3 Å². The van der Waals surface area contributed by atoms with E-state index >= 15 is 0 Å². The maximum atomic E-state index is 14.6. The van der Waals surface area contributed by atoms with Crippen LogP contribution in [0.3, 0.4) is 0 Å². The number of carboxylic acid groups (broad SMARTS) is 1. The van der Waals surface area contributed by atoms with Crippen molar-refractivity contribution in [3.05, 3.63) is 75.8 Å². The standard InChI is InChI=1S/C16H8F3NO3/c17-8-5-6-12(10(18)7-8)20-11-4-2-1-3-9(11)14(21)13(15(20)19)16(22)23/h1-7H,(H,22,23). The molecule has 0 bridgehead atoms. The van der Waals surface area contributed by atoms with Gasteiger partial charge in [0.1, 0.15) is 11.6 Å². The number of fused-ring (bicyclic) bond motifs is 1. The molecular weight excluding hydrogens is 311 g/mol. The van der Waals surface area contributed by atoms with Gasteiger partial charge in [0.2, 0.25) is 11.4 Å². The van der Waals surface area contributed by atoms with Gasteiger partial charge in [-0.1, -0.05) is 12.1 Å². The van der Waals surface area contributed by atoms with Crippen LogP contribution in [0.5, 0.6) is 0 Å². The molecule has 0 saturated heterocycles. The van der Waals surface area contributed by atoms with Crippen LogP contribution in [-0.2, 0) is 0 Å². The minimum atomic E-state index is -1.77. The number of nitrogens with zero attached hydrogens (tertiary/aromatic N) is 1. The SMILES string of the molecule is O=C(O)c1c(F)n(-c2ccc(F)cc2F)c2ccccc2c1=O. The van der Waals surface area contributed by atoms with Crippen molar-refractivity contribution in [2.24, 2.45) is 0 Å². The Kier molecular flexibility index (Phi) is 3.40. The fourth-order valence-corrected chi connectivity index (χ4v) is 2.39. The van der Waals surface area contributed by atoms with Crippen LogP contribution in [0.1, 0.15) is 10.4 Å². The summed E-state index contributed by atoms with van der Waals surface area (Å²) in [4.78, 5) is 23.3. The summed E-state index contributed by atoms with van der Waals surface area (Å²) in [7, 11) is 0. The Morgan fingerprint density at radius 2 is 1.74 bits per heavy atom. The highest BCUT2D eigenvalue weighted by Gasteiger charge is 2.24. The van der Waals surface area contributed by atoms with Crippen molar-refractivity contribution < 1.29 is 23.1 Å². The van der Waals surface area contributed by atoms with Crippen molar-refractivity contribution in [3.8, 4) is 5.69 Å². The number of carboxylic acids is 1. The van der Waals surface area contributed by atoms with E-state index in [0.29, 0.717) is 10.6 Å². The maximum absolute atomic E-state index is 14.6. The highest BCUT2D eigenvalue weighted by Crippen LogP contribution is 2.23. The highest BCUT2D eigenvalue weighted by molar-refractivity contribution is 5.93. The van der Waals surface area contributed by atoms with Crippen LogP contribution in [0.25, 0.3) is 16.6 Å². The van der Waals surface area contributed by atoms with Gasteiger partial charge in [-0.2, -0.15) is 4.39 Å². The monoisotopic (exact) mass is 319 g/mol. The van der Waals surface area contributed by atoms with Crippen LogP contribution < -0.4 is 5.43 Å². The third-order valence-corrected chi connectivity index (χ3v) is 3.38. The fourth-order valence-electron chi connectivity index (χ4n) is 2.39. The van der Waals surface area contributed by atoms with Crippen LogP contribution in [0.2, 0.25) is 0 Å². The summed E-state index contributed by atoms with van der Waals surface area (Å²) < 4.78 is 42.3. The molecule has 0 saturated carbocycles. The average molecular weight is 319 g/mol. The summed E-state index contributed by atoms with van der Waals surface area (Å²) in [5.74, 6) is -5.15. The molecule has 0 unspecified atom stereocenters. The van der Waals surface area contributed by atoms with E-state index in [1.54, 1.807) is 0 Å². The molecule has 3 aromatic rings. The van der Waals surface area contributed by atoms with E-state index in [0.717, 1.165) is 12.1 Å². The molecule has 1 N–H and O–H groups in total. The van der Waals surface area contributed by atoms with Crippen molar-refractivity contribution in [2.45, 2.75) is 0 Å². The quantitative estimate of drug-likeness (QED) is 0.738. The van der Waals surface area contributed by atoms with Gasteiger partial charge in [0.05, 0.1) is 11.2 Å². The van der Waals surface area contributed by atoms with Crippen LogP contribution >= 0.6 is 0 Å². The second-order valence-corrected chi connectivity index (χ2v) is 4.75. The Morgan fingerprint density at radius 1 is 1.04 bits per heavy atom. The first-order valence-corrected chi connectivity index (χ1v) is 6.44. The van der Waals surface area contributed by atoms with E-state index in [9.17, 15) is 22.8 Å². The number of hydrogen-bond donors (Lipinski definition) is 1. The zero-order chi connectivity index (χ0) is 16.7. The Hall–Kier alpha value is -3.09. The van der Waals surface area contributed by atoms with Crippen LogP contribution in [-0.4, -0.2) is 15.6 Å². The van der Waals surface area contributed by atoms with Gasteiger partial charge in [0, 0.05) is 11.5 Å². The summed E-state index contributed by atoms with van der Waals surface area (Å²) in [6.07, 6.45) is 0. The van der Waals surface area contributed by atoms with Crippen molar-refractivity contribution >= 4 is 16.9 Å². The largest absolute Gasteiger partial charge is 0.477 e. The van der Waals surface area contributed by atoms with Gasteiger partial charge in [-0.15, -0.1) is 0 Å². The van der Waals surface area contributed by atoms with E-state index in [4.69, 9.17) is 5.11 Å². The van der Waals surface area contributed by atoms with E-state index in [1.807, 2.05) is 0 Å². The first-order chi connectivity index (χ1) is 10.9. The second kappa shape index (κ2) is 5.28. The van der Waals surface area contributed by atoms with Crippen molar-refractivity contribution in [1.29, 1.82) is 0 Å². The minimum absolute atomic E-state index is 0.0227. The van der Waals surface area contributed by atoms with E-state index in [2.05, 4.69) is 0 Å². The van der Waals surface area contributed by atoms with Crippen LogP contribution in [0.4, 0.5) is 13.2 Å². The molecule has 4 nitrogen and oxygen atoms in total. The topological polar surface area (TPSA) is 59.3 Å². The Morgan fingerprint density at radius 3 is 2.39 bits per heavy atom. The average Bonchev–Trinajstić information content (AvgIpc) is 2.49. The lowest BCUT2D eigenvalue weighted by Gasteiger charge is -2.15. The molecule has 1 aromatic heterocycles. The minimum Gasteiger partial charge on any atom is -0.477 e. The maximum Gasteiger partial charge on any atom is 0.344 e. The van der Waals surface area contributed by atoms with Gasteiger partial charge >= 0.3 is 5.97 Å². The Labute approximate surface area is 127 Å². The van der Waals surface area contributed by atoms with E-state index in [1.165, 1.54) is 24.3 Å². The van der Waals surface area contributed by atoms with Crippen molar-refractivity contribution in [3.63, 3.8) is 0 Å². The third-order valence-electron chi connectivity index (χ3n) is 3.38. The molecular formula is C16H8F3NO3. The first-order valence-electron chi connectivity index (χ1n) is 6.44. The van der Waals surface area contributed by atoms with Crippen LogP contribution in [0, 0.1) is 17.6 Å². The number of aromatic nitrogens is 1. The van der Waals surface area contributed by atoms with Crippen molar-refractivity contribution in [2.75, 3.05) is 0 Å². The molecule has 0 atom stereocenters. The lowest BCUT2D eigenvalue weighted by atomic mass is 10.1. The number of rotatable bonds is 2. The molecule has 23 heavy (non-hydrogen) atoms. The highest BCUT2D eigenvalue weighted by atomic mass is 19.1. The molecule has 0 spiro atoms. The van der Waals surface area contributed by atoms with E-state index < -0.39 is 40.2 Å². The summed E-state index contributed by atoms with van der Waals surface area (Å²) in [5.41, 5.74) is -2.54. The van der Waals surface area contributed by atoms with Crippen molar-refractivity contribution in [1.82, 2.24) is 4.57 Å². The molecule has 0 aliphatic carbocycles. The normalized spacial score (nSPS) is 10.9.